The topological polar surface area (TPSA) is 32.3 Å². The maximum Gasteiger partial charge on any atom is 0.226 e. The number of rotatable bonds is 8. The molecule has 0 amide bonds. The second-order valence-electron chi connectivity index (χ2n) is 8.56. The lowest BCUT2D eigenvalue weighted by Crippen LogP contribution is -2.60. The van der Waals surface area contributed by atoms with Crippen LogP contribution in [0.25, 0.3) is 0 Å². The molecule has 4 nitrogen and oxygen atoms in total. The van der Waals surface area contributed by atoms with E-state index in [-0.39, 0.29) is 7.43 Å². The molecule has 2 fully saturated rings. The summed E-state index contributed by atoms with van der Waals surface area (Å²) in [6, 6.07) is 3.32. The van der Waals surface area contributed by atoms with Crippen LogP contribution in [0.1, 0.15) is 78.3 Å². The van der Waals surface area contributed by atoms with Crippen molar-refractivity contribution in [3.05, 3.63) is 18.0 Å². The predicted molar refractivity (Wildman–Crippen MR) is 112 cm³/mol. The lowest BCUT2D eigenvalue weighted by Gasteiger charge is -2.49. The zero-order valence-electron chi connectivity index (χ0n) is 16.5. The molecule has 4 heteroatoms. The highest BCUT2D eigenvalue weighted by Crippen LogP contribution is 2.31. The fraction of sp³-hybridized carbons (Fsp3) is 0.818. The second-order valence-corrected chi connectivity index (χ2v) is 8.56. The Morgan fingerprint density at radius 3 is 2.46 bits per heavy atom. The fourth-order valence-corrected chi connectivity index (χ4v) is 4.51. The van der Waals surface area contributed by atoms with Gasteiger partial charge in [0.25, 0.3) is 0 Å². The van der Waals surface area contributed by atoms with Crippen LogP contribution in [0.15, 0.2) is 12.3 Å². The molecular weight excluding hydrogens is 320 g/mol. The number of piperidine rings is 1. The number of nitrogens with zero attached hydrogens (tertiary/aromatic N) is 4. The minimum Gasteiger partial charge on any atom is -0.332 e. The van der Waals surface area contributed by atoms with Gasteiger partial charge in [-0.25, -0.2) is 9.97 Å². The summed E-state index contributed by atoms with van der Waals surface area (Å²) < 4.78 is 0. The first-order chi connectivity index (χ1) is 12.1. The number of likely N-dealkylation sites (tertiary alicyclic amines) is 1. The highest BCUT2D eigenvalue weighted by atomic mass is 15.4. The minimum atomic E-state index is 0. The summed E-state index contributed by atoms with van der Waals surface area (Å²) in [5, 5.41) is 0. The van der Waals surface area contributed by atoms with E-state index in [0.717, 1.165) is 31.4 Å². The molecule has 1 aromatic heterocycles. The van der Waals surface area contributed by atoms with Crippen LogP contribution in [0.2, 0.25) is 0 Å². The van der Waals surface area contributed by atoms with E-state index in [4.69, 9.17) is 4.98 Å². The number of hydrogen-bond donors (Lipinski definition) is 0. The summed E-state index contributed by atoms with van der Waals surface area (Å²) >= 11 is 0. The first kappa shape index (κ1) is 21.1. The number of aryl methyl sites for hydroxylation is 1. The number of fused-ring (bicyclic) bond motifs is 2. The first-order valence-corrected chi connectivity index (χ1v) is 10.4. The Bertz CT molecular complexity index is 517. The Balaban J connectivity index is 0.00000243. The van der Waals surface area contributed by atoms with E-state index in [1.54, 1.807) is 0 Å². The van der Waals surface area contributed by atoms with Gasteiger partial charge in [-0.15, -0.1) is 0 Å². The molecule has 2 bridgehead atoms. The van der Waals surface area contributed by atoms with Crippen molar-refractivity contribution in [2.75, 3.05) is 25.0 Å². The van der Waals surface area contributed by atoms with Crippen molar-refractivity contribution in [2.45, 2.75) is 91.1 Å². The predicted octanol–water partition coefficient (Wildman–Crippen LogP) is 4.93. The van der Waals surface area contributed by atoms with E-state index in [1.165, 1.54) is 57.1 Å². The van der Waals surface area contributed by atoms with Gasteiger partial charge >= 0.3 is 0 Å². The van der Waals surface area contributed by atoms with E-state index in [9.17, 15) is 0 Å². The van der Waals surface area contributed by atoms with Gasteiger partial charge in [0.1, 0.15) is 0 Å². The van der Waals surface area contributed by atoms with E-state index in [0.29, 0.717) is 12.1 Å². The molecule has 0 saturated carbocycles. The van der Waals surface area contributed by atoms with Crippen molar-refractivity contribution >= 4 is 5.95 Å². The number of hydrogen-bond acceptors (Lipinski definition) is 4. The number of unbranched alkanes of at least 4 members (excludes halogenated alkanes) is 3. The third-order valence-corrected chi connectivity index (χ3v) is 5.80. The van der Waals surface area contributed by atoms with Crippen LogP contribution in [0.5, 0.6) is 0 Å². The molecule has 3 heterocycles. The molecule has 0 spiro atoms. The molecule has 2 aliphatic heterocycles. The van der Waals surface area contributed by atoms with E-state index in [2.05, 4.69) is 41.7 Å². The largest absolute Gasteiger partial charge is 0.332 e. The molecule has 0 N–H and O–H groups in total. The van der Waals surface area contributed by atoms with Crippen LogP contribution in [0, 0.1) is 5.92 Å². The van der Waals surface area contributed by atoms with Gasteiger partial charge in [0, 0.05) is 37.1 Å². The number of aromatic nitrogens is 2. The van der Waals surface area contributed by atoms with Crippen molar-refractivity contribution in [3.63, 3.8) is 0 Å². The van der Waals surface area contributed by atoms with Crippen LogP contribution in [-0.2, 0) is 6.42 Å². The summed E-state index contributed by atoms with van der Waals surface area (Å²) in [6.45, 7) is 6.94. The lowest BCUT2D eigenvalue weighted by atomic mass is 9.92. The Kier molecular flexibility index (Phi) is 8.33. The molecular formula is C22H40N4. The quantitative estimate of drug-likeness (QED) is 0.615. The van der Waals surface area contributed by atoms with Gasteiger partial charge in [-0.05, 0) is 51.1 Å². The summed E-state index contributed by atoms with van der Waals surface area (Å²) in [5.74, 6) is 1.83. The average Bonchev–Trinajstić information content (AvgIpc) is 2.57. The molecule has 148 valence electrons. The Labute approximate surface area is 161 Å². The SMILES string of the molecule is C.CC(C)CCCCCCc1ccnc(N2C3CCCC2CN(C)C3)n1. The van der Waals surface area contributed by atoms with Gasteiger partial charge in [0.15, 0.2) is 0 Å². The summed E-state index contributed by atoms with van der Waals surface area (Å²) in [6.07, 6.45) is 13.7. The standard InChI is InChI=1S/C21H36N4.CH4/c1-17(2)9-6-4-5-7-10-18-13-14-22-21(23-18)25-19-11-8-12-20(25)16-24(3)15-19;/h13-14,17,19-20H,4-12,15-16H2,1-3H3;1H4. The van der Waals surface area contributed by atoms with Crippen LogP contribution in [0.4, 0.5) is 5.95 Å². The van der Waals surface area contributed by atoms with E-state index in [1.807, 2.05) is 6.20 Å². The van der Waals surface area contributed by atoms with Crippen molar-refractivity contribution in [1.29, 1.82) is 0 Å². The number of likely N-dealkylation sites (N-methyl/N-ethyl adjacent to an activating group) is 1. The molecule has 0 aliphatic carbocycles. The zero-order chi connectivity index (χ0) is 17.6. The van der Waals surface area contributed by atoms with Gasteiger partial charge in [-0.1, -0.05) is 47.0 Å². The number of anilines is 1. The van der Waals surface area contributed by atoms with Crippen molar-refractivity contribution in [3.8, 4) is 0 Å². The molecule has 3 rings (SSSR count). The third-order valence-electron chi connectivity index (χ3n) is 5.80. The zero-order valence-corrected chi connectivity index (χ0v) is 16.5. The highest BCUT2D eigenvalue weighted by Gasteiger charge is 2.37. The molecule has 1 aromatic rings. The van der Waals surface area contributed by atoms with Gasteiger partial charge < -0.3 is 9.80 Å². The van der Waals surface area contributed by atoms with Crippen molar-refractivity contribution in [2.24, 2.45) is 5.92 Å². The molecule has 2 saturated heterocycles. The molecule has 2 atom stereocenters. The van der Waals surface area contributed by atoms with E-state index < -0.39 is 0 Å². The average molecular weight is 361 g/mol. The van der Waals surface area contributed by atoms with Gasteiger partial charge in [0.05, 0.1) is 0 Å². The Morgan fingerprint density at radius 2 is 1.77 bits per heavy atom. The highest BCUT2D eigenvalue weighted by molar-refractivity contribution is 5.36. The molecule has 0 radical (unpaired) electrons. The Hall–Kier alpha value is -1.16. The fourth-order valence-electron chi connectivity index (χ4n) is 4.51. The second kappa shape index (κ2) is 10.2. The van der Waals surface area contributed by atoms with Crippen LogP contribution >= 0.6 is 0 Å². The third kappa shape index (κ3) is 5.67. The van der Waals surface area contributed by atoms with Gasteiger partial charge in [0.2, 0.25) is 5.95 Å². The number of piperazine rings is 1. The van der Waals surface area contributed by atoms with Gasteiger partial charge in [-0.3, -0.25) is 0 Å². The normalized spacial score (nSPS) is 23.2. The maximum absolute atomic E-state index is 4.95. The lowest BCUT2D eigenvalue weighted by molar-refractivity contribution is 0.182. The van der Waals surface area contributed by atoms with Crippen LogP contribution < -0.4 is 4.90 Å². The van der Waals surface area contributed by atoms with Crippen molar-refractivity contribution in [1.82, 2.24) is 14.9 Å². The smallest absolute Gasteiger partial charge is 0.226 e. The molecule has 0 aromatic carbocycles. The molecule has 2 unspecified atom stereocenters. The summed E-state index contributed by atoms with van der Waals surface area (Å²) in [4.78, 5) is 14.6. The summed E-state index contributed by atoms with van der Waals surface area (Å²) in [7, 11) is 2.25. The molecule has 2 aliphatic rings. The van der Waals surface area contributed by atoms with Crippen molar-refractivity contribution < 1.29 is 0 Å². The van der Waals surface area contributed by atoms with Gasteiger partial charge in [-0.2, -0.15) is 0 Å². The first-order valence-electron chi connectivity index (χ1n) is 10.4. The minimum absolute atomic E-state index is 0. The van der Waals surface area contributed by atoms with Crippen LogP contribution in [0.3, 0.4) is 0 Å². The monoisotopic (exact) mass is 360 g/mol. The molecule has 26 heavy (non-hydrogen) atoms. The summed E-state index contributed by atoms with van der Waals surface area (Å²) in [5.41, 5.74) is 1.23. The Morgan fingerprint density at radius 1 is 1.08 bits per heavy atom. The van der Waals surface area contributed by atoms with E-state index >= 15 is 0 Å². The van der Waals surface area contributed by atoms with Crippen LogP contribution in [-0.4, -0.2) is 47.1 Å². The maximum atomic E-state index is 4.95.